The van der Waals surface area contributed by atoms with Crippen LogP contribution < -0.4 is 4.74 Å². The predicted molar refractivity (Wildman–Crippen MR) is 93.3 cm³/mol. The second-order valence-electron chi connectivity index (χ2n) is 6.49. The molecule has 2 aromatic rings. The van der Waals surface area contributed by atoms with E-state index in [-0.39, 0.29) is 24.4 Å². The molecule has 1 aliphatic rings. The number of halogens is 3. The Labute approximate surface area is 155 Å². The number of amides is 1. The fraction of sp³-hybridized carbons (Fsp3) is 0.350. The van der Waals surface area contributed by atoms with Crippen molar-refractivity contribution in [3.8, 4) is 5.75 Å². The van der Waals surface area contributed by atoms with Crippen LogP contribution in [0, 0.1) is 0 Å². The molecule has 4 nitrogen and oxygen atoms in total. The summed E-state index contributed by atoms with van der Waals surface area (Å²) in [4.78, 5) is 13.7. The van der Waals surface area contributed by atoms with Crippen LogP contribution in [0.4, 0.5) is 13.2 Å². The van der Waals surface area contributed by atoms with Crippen molar-refractivity contribution in [2.45, 2.75) is 25.3 Å². The Bertz CT molecular complexity index is 807. The van der Waals surface area contributed by atoms with Crippen molar-refractivity contribution in [1.29, 1.82) is 0 Å². The van der Waals surface area contributed by atoms with Crippen LogP contribution in [0.1, 0.15) is 16.7 Å². The van der Waals surface area contributed by atoms with Gasteiger partial charge in [-0.1, -0.05) is 30.3 Å². The fourth-order valence-corrected chi connectivity index (χ4v) is 2.95. The van der Waals surface area contributed by atoms with Gasteiger partial charge in [0.1, 0.15) is 5.75 Å². The van der Waals surface area contributed by atoms with Crippen LogP contribution in [0.15, 0.2) is 48.5 Å². The largest absolute Gasteiger partial charge is 0.484 e. The molecule has 7 heteroatoms. The van der Waals surface area contributed by atoms with E-state index >= 15 is 0 Å². The molecule has 0 aliphatic carbocycles. The molecule has 1 unspecified atom stereocenters. The smallest absolute Gasteiger partial charge is 0.416 e. The van der Waals surface area contributed by atoms with E-state index < -0.39 is 11.7 Å². The van der Waals surface area contributed by atoms with Crippen molar-refractivity contribution in [1.82, 2.24) is 4.90 Å². The first-order valence-corrected chi connectivity index (χ1v) is 8.55. The van der Waals surface area contributed by atoms with Gasteiger partial charge >= 0.3 is 6.18 Å². The Hall–Kier alpha value is -2.54. The quantitative estimate of drug-likeness (QED) is 0.796. The average Bonchev–Trinajstić information content (AvgIpc) is 2.65. The lowest BCUT2D eigenvalue weighted by Gasteiger charge is -2.29. The van der Waals surface area contributed by atoms with E-state index in [1.807, 2.05) is 24.3 Å². The summed E-state index contributed by atoms with van der Waals surface area (Å²) >= 11 is 0. The number of benzene rings is 2. The van der Waals surface area contributed by atoms with Crippen LogP contribution in [0.3, 0.4) is 0 Å². The van der Waals surface area contributed by atoms with E-state index in [0.717, 1.165) is 17.7 Å². The highest BCUT2D eigenvalue weighted by Gasteiger charge is 2.30. The molecule has 0 N–H and O–H groups in total. The summed E-state index contributed by atoms with van der Waals surface area (Å²) in [5.74, 6) is -0.315. The van der Waals surface area contributed by atoms with Crippen LogP contribution in [0.25, 0.3) is 0 Å². The summed E-state index contributed by atoms with van der Waals surface area (Å²) in [7, 11) is 1.63. The first kappa shape index (κ1) is 19.2. The van der Waals surface area contributed by atoms with Crippen LogP contribution in [-0.4, -0.2) is 37.1 Å². The SMILES string of the molecule is CN(CC1Cc2ccccc2CO1)C(=O)COc1cccc(C(F)(F)F)c1. The van der Waals surface area contributed by atoms with Crippen molar-refractivity contribution >= 4 is 5.91 Å². The Morgan fingerprint density at radius 3 is 2.67 bits per heavy atom. The summed E-state index contributed by atoms with van der Waals surface area (Å²) in [5.41, 5.74) is 1.54. The monoisotopic (exact) mass is 379 g/mol. The molecular weight excluding hydrogens is 359 g/mol. The minimum atomic E-state index is -4.45. The van der Waals surface area contributed by atoms with E-state index in [1.54, 1.807) is 7.05 Å². The molecule has 144 valence electrons. The first-order chi connectivity index (χ1) is 12.8. The molecule has 1 heterocycles. The minimum Gasteiger partial charge on any atom is -0.484 e. The van der Waals surface area contributed by atoms with Crippen molar-refractivity contribution in [3.63, 3.8) is 0 Å². The third-order valence-corrected chi connectivity index (χ3v) is 4.47. The topological polar surface area (TPSA) is 38.8 Å². The molecule has 0 saturated heterocycles. The highest BCUT2D eigenvalue weighted by atomic mass is 19.4. The summed E-state index contributed by atoms with van der Waals surface area (Å²) in [6.07, 6.45) is -3.86. The average molecular weight is 379 g/mol. The Morgan fingerprint density at radius 2 is 1.93 bits per heavy atom. The maximum absolute atomic E-state index is 12.7. The number of likely N-dealkylation sites (N-methyl/N-ethyl adjacent to an activating group) is 1. The molecule has 27 heavy (non-hydrogen) atoms. The maximum Gasteiger partial charge on any atom is 0.416 e. The highest BCUT2D eigenvalue weighted by Crippen LogP contribution is 2.31. The molecule has 0 aromatic heterocycles. The van der Waals surface area contributed by atoms with Gasteiger partial charge in [0.15, 0.2) is 6.61 Å². The Balaban J connectivity index is 1.51. The number of nitrogens with zero attached hydrogens (tertiary/aromatic N) is 1. The van der Waals surface area contributed by atoms with Gasteiger partial charge in [-0.25, -0.2) is 0 Å². The lowest BCUT2D eigenvalue weighted by Crippen LogP contribution is -2.40. The van der Waals surface area contributed by atoms with Gasteiger partial charge in [-0.3, -0.25) is 4.79 Å². The molecule has 0 fully saturated rings. The molecule has 2 aromatic carbocycles. The molecule has 0 radical (unpaired) electrons. The van der Waals surface area contributed by atoms with Gasteiger partial charge in [0, 0.05) is 20.0 Å². The van der Waals surface area contributed by atoms with Gasteiger partial charge in [-0.15, -0.1) is 0 Å². The normalized spacial score (nSPS) is 16.5. The zero-order valence-corrected chi connectivity index (χ0v) is 14.8. The van der Waals surface area contributed by atoms with Gasteiger partial charge in [-0.2, -0.15) is 13.2 Å². The Kier molecular flexibility index (Phi) is 5.70. The summed E-state index contributed by atoms with van der Waals surface area (Å²) in [6.45, 7) is 0.559. The molecular formula is C20H20F3NO3. The van der Waals surface area contributed by atoms with Gasteiger partial charge in [-0.05, 0) is 29.3 Å². The number of rotatable bonds is 5. The predicted octanol–water partition coefficient (Wildman–Crippen LogP) is 3.68. The molecule has 1 amide bonds. The number of alkyl halides is 3. The molecule has 0 saturated carbocycles. The lowest BCUT2D eigenvalue weighted by molar-refractivity contribution is -0.137. The number of fused-ring (bicyclic) bond motifs is 1. The second kappa shape index (κ2) is 8.00. The third-order valence-electron chi connectivity index (χ3n) is 4.47. The van der Waals surface area contributed by atoms with Crippen LogP contribution in [0.2, 0.25) is 0 Å². The zero-order chi connectivity index (χ0) is 19.4. The number of hydrogen-bond acceptors (Lipinski definition) is 3. The van der Waals surface area contributed by atoms with E-state index in [9.17, 15) is 18.0 Å². The maximum atomic E-state index is 12.7. The summed E-state index contributed by atoms with van der Waals surface area (Å²) < 4.78 is 49.2. The second-order valence-corrected chi connectivity index (χ2v) is 6.49. The number of carbonyl (C=O) groups excluding carboxylic acids is 1. The van der Waals surface area contributed by atoms with Gasteiger partial charge in [0.05, 0.1) is 18.3 Å². The minimum absolute atomic E-state index is 0.00872. The van der Waals surface area contributed by atoms with E-state index in [0.29, 0.717) is 19.6 Å². The summed E-state index contributed by atoms with van der Waals surface area (Å²) in [6, 6.07) is 12.5. The van der Waals surface area contributed by atoms with Crippen molar-refractivity contribution in [2.24, 2.45) is 0 Å². The van der Waals surface area contributed by atoms with Gasteiger partial charge in [0.25, 0.3) is 5.91 Å². The molecule has 0 bridgehead atoms. The summed E-state index contributed by atoms with van der Waals surface area (Å²) in [5, 5.41) is 0. The van der Waals surface area contributed by atoms with Crippen LogP contribution in [-0.2, 0) is 28.7 Å². The number of hydrogen-bond donors (Lipinski definition) is 0. The van der Waals surface area contributed by atoms with Crippen LogP contribution >= 0.6 is 0 Å². The van der Waals surface area contributed by atoms with Crippen molar-refractivity contribution < 1.29 is 27.4 Å². The third kappa shape index (κ3) is 5.01. The molecule has 0 spiro atoms. The lowest BCUT2D eigenvalue weighted by atomic mass is 9.99. The van der Waals surface area contributed by atoms with Crippen molar-refractivity contribution in [3.05, 3.63) is 65.2 Å². The highest BCUT2D eigenvalue weighted by molar-refractivity contribution is 5.77. The fourth-order valence-electron chi connectivity index (χ4n) is 2.95. The van der Waals surface area contributed by atoms with Gasteiger partial charge in [0.2, 0.25) is 0 Å². The van der Waals surface area contributed by atoms with E-state index in [2.05, 4.69) is 0 Å². The molecule has 1 atom stereocenters. The number of ether oxygens (including phenoxy) is 2. The van der Waals surface area contributed by atoms with E-state index in [4.69, 9.17) is 9.47 Å². The first-order valence-electron chi connectivity index (χ1n) is 8.55. The Morgan fingerprint density at radius 1 is 1.19 bits per heavy atom. The van der Waals surface area contributed by atoms with Crippen LogP contribution in [0.5, 0.6) is 5.75 Å². The van der Waals surface area contributed by atoms with E-state index in [1.165, 1.54) is 22.6 Å². The molecule has 1 aliphatic heterocycles. The standard InChI is InChI=1S/C20H20F3NO3/c1-24(11-18-9-14-5-2-3-6-15(14)12-26-18)19(25)13-27-17-8-4-7-16(10-17)20(21,22)23/h2-8,10,18H,9,11-13H2,1H3. The zero-order valence-electron chi connectivity index (χ0n) is 14.8. The van der Waals surface area contributed by atoms with Crippen molar-refractivity contribution in [2.75, 3.05) is 20.2 Å². The van der Waals surface area contributed by atoms with Gasteiger partial charge < -0.3 is 14.4 Å². The molecule has 3 rings (SSSR count). The number of carbonyl (C=O) groups is 1.